The Labute approximate surface area is 161 Å². The number of fused-ring (bicyclic) bond motifs is 2. The monoisotopic (exact) mass is 382 g/mol. The fourth-order valence-electron chi connectivity index (χ4n) is 3.62. The van der Waals surface area contributed by atoms with E-state index >= 15 is 0 Å². The fourth-order valence-corrected chi connectivity index (χ4v) is 4.72. The van der Waals surface area contributed by atoms with E-state index < -0.39 is 0 Å². The molecule has 4 rings (SSSR count). The van der Waals surface area contributed by atoms with Crippen LogP contribution in [0.1, 0.15) is 58.9 Å². The fraction of sp³-hybridized carbons (Fsp3) is 0.400. The zero-order chi connectivity index (χ0) is 19.0. The van der Waals surface area contributed by atoms with E-state index in [9.17, 15) is 9.59 Å². The molecule has 0 aliphatic carbocycles. The molecule has 6 nitrogen and oxygen atoms in total. The van der Waals surface area contributed by atoms with Crippen LogP contribution >= 0.6 is 11.3 Å². The highest BCUT2D eigenvalue weighted by Crippen LogP contribution is 2.29. The molecule has 0 fully saturated rings. The summed E-state index contributed by atoms with van der Waals surface area (Å²) < 4.78 is 1.80. The van der Waals surface area contributed by atoms with Gasteiger partial charge in [0.1, 0.15) is 10.7 Å². The Hall–Kier alpha value is -2.54. The number of pyridine rings is 1. The molecule has 3 aromatic heterocycles. The van der Waals surface area contributed by atoms with Crippen LogP contribution in [0.3, 0.4) is 0 Å². The van der Waals surface area contributed by atoms with Crippen molar-refractivity contribution in [3.63, 3.8) is 0 Å². The summed E-state index contributed by atoms with van der Waals surface area (Å²) in [5.74, 6) is 0.683. The van der Waals surface area contributed by atoms with Crippen molar-refractivity contribution in [1.29, 1.82) is 0 Å². The van der Waals surface area contributed by atoms with Crippen molar-refractivity contribution < 1.29 is 4.79 Å². The van der Waals surface area contributed by atoms with E-state index in [0.29, 0.717) is 21.6 Å². The molecule has 3 aromatic rings. The molecule has 1 atom stereocenters. The zero-order valence-electron chi connectivity index (χ0n) is 15.5. The van der Waals surface area contributed by atoms with Crippen molar-refractivity contribution in [3.8, 4) is 0 Å². The number of nitrogens with zero attached hydrogens (tertiary/aromatic N) is 3. The number of rotatable bonds is 3. The highest BCUT2D eigenvalue weighted by atomic mass is 32.1. The minimum absolute atomic E-state index is 0.00752. The topological polar surface area (TPSA) is 76.9 Å². The van der Waals surface area contributed by atoms with Gasteiger partial charge in [0.05, 0.1) is 16.3 Å². The molecule has 0 bridgehead atoms. The summed E-state index contributed by atoms with van der Waals surface area (Å²) in [6.07, 6.45) is 7.42. The summed E-state index contributed by atoms with van der Waals surface area (Å²) in [7, 11) is 0. The lowest BCUT2D eigenvalue weighted by atomic mass is 10.1. The molecule has 0 saturated carbocycles. The largest absolute Gasteiger partial charge is 0.345 e. The minimum atomic E-state index is -0.167. The van der Waals surface area contributed by atoms with Crippen molar-refractivity contribution in [2.45, 2.75) is 52.1 Å². The molecular weight excluding hydrogens is 360 g/mol. The Morgan fingerprint density at radius 1 is 1.26 bits per heavy atom. The quantitative estimate of drug-likeness (QED) is 0.753. The number of hydrogen-bond donors (Lipinski definition) is 1. The van der Waals surface area contributed by atoms with Crippen LogP contribution in [0.2, 0.25) is 0 Å². The van der Waals surface area contributed by atoms with Gasteiger partial charge in [-0.15, -0.1) is 11.3 Å². The van der Waals surface area contributed by atoms with E-state index in [1.807, 2.05) is 26.0 Å². The van der Waals surface area contributed by atoms with Gasteiger partial charge in [0.15, 0.2) is 0 Å². The van der Waals surface area contributed by atoms with Gasteiger partial charge in [-0.25, -0.2) is 4.98 Å². The van der Waals surface area contributed by atoms with Crippen LogP contribution in [0.25, 0.3) is 10.2 Å². The first kappa shape index (κ1) is 17.9. The Balaban J connectivity index is 1.70. The average Bonchev–Trinajstić information content (AvgIpc) is 2.84. The lowest BCUT2D eigenvalue weighted by molar-refractivity contribution is 0.0943. The van der Waals surface area contributed by atoms with Crippen LogP contribution in [0.5, 0.6) is 0 Å². The normalized spacial score (nSPS) is 15.2. The molecule has 7 heteroatoms. The highest BCUT2D eigenvalue weighted by Gasteiger charge is 2.23. The van der Waals surface area contributed by atoms with Gasteiger partial charge in [-0.05, 0) is 49.9 Å². The molecule has 1 amide bonds. The smallest absolute Gasteiger partial charge is 0.262 e. The van der Waals surface area contributed by atoms with Gasteiger partial charge in [-0.3, -0.25) is 19.1 Å². The number of nitrogens with one attached hydrogen (secondary N) is 1. The molecule has 1 N–H and O–H groups in total. The molecule has 0 spiro atoms. The molecule has 140 valence electrons. The van der Waals surface area contributed by atoms with Gasteiger partial charge >= 0.3 is 0 Å². The van der Waals surface area contributed by atoms with Gasteiger partial charge in [0, 0.05) is 25.4 Å². The second-order valence-electron chi connectivity index (χ2n) is 7.01. The molecule has 1 aliphatic rings. The zero-order valence-corrected chi connectivity index (χ0v) is 16.3. The first-order valence-corrected chi connectivity index (χ1v) is 10.1. The van der Waals surface area contributed by atoms with Gasteiger partial charge in [0.2, 0.25) is 0 Å². The minimum Gasteiger partial charge on any atom is -0.345 e. The van der Waals surface area contributed by atoms with Crippen LogP contribution in [-0.4, -0.2) is 20.4 Å². The van der Waals surface area contributed by atoms with Gasteiger partial charge < -0.3 is 5.32 Å². The maximum absolute atomic E-state index is 13.0. The predicted molar refractivity (Wildman–Crippen MR) is 106 cm³/mol. The summed E-state index contributed by atoms with van der Waals surface area (Å²) in [5, 5.41) is 3.61. The van der Waals surface area contributed by atoms with Crippen LogP contribution in [0, 0.1) is 6.92 Å². The Morgan fingerprint density at radius 2 is 2.04 bits per heavy atom. The Morgan fingerprint density at radius 3 is 2.81 bits per heavy atom. The number of thiophene rings is 1. The Kier molecular flexibility index (Phi) is 4.78. The van der Waals surface area contributed by atoms with Crippen LogP contribution in [-0.2, 0) is 13.0 Å². The number of hydrogen-bond acceptors (Lipinski definition) is 5. The van der Waals surface area contributed by atoms with E-state index in [1.165, 1.54) is 11.3 Å². The summed E-state index contributed by atoms with van der Waals surface area (Å²) >= 11 is 1.31. The van der Waals surface area contributed by atoms with Crippen LogP contribution in [0.4, 0.5) is 0 Å². The van der Waals surface area contributed by atoms with Gasteiger partial charge in [0.25, 0.3) is 11.5 Å². The standard InChI is InChI=1S/C20H22N4O2S/c1-12-16-19(23-15-6-4-3-5-11-24(15)20(16)26)27-17(12)18(25)22-13(2)14-7-9-21-10-8-14/h7-10,13H,3-6,11H2,1-2H3,(H,22,25). The van der Waals surface area contributed by atoms with Gasteiger partial charge in [-0.2, -0.15) is 0 Å². The maximum atomic E-state index is 13.0. The van der Waals surface area contributed by atoms with E-state index in [2.05, 4.69) is 10.3 Å². The molecule has 0 saturated heterocycles. The number of carbonyl (C=O) groups is 1. The van der Waals surface area contributed by atoms with E-state index in [4.69, 9.17) is 4.98 Å². The SMILES string of the molecule is Cc1c(C(=O)NC(C)c2ccncc2)sc2nc3n(c(=O)c12)CCCCC3. The summed E-state index contributed by atoms with van der Waals surface area (Å²) in [6, 6.07) is 3.62. The molecule has 1 aliphatic heterocycles. The third-order valence-electron chi connectivity index (χ3n) is 5.17. The summed E-state index contributed by atoms with van der Waals surface area (Å²) in [4.78, 5) is 35.8. The first-order chi connectivity index (χ1) is 13.1. The van der Waals surface area contributed by atoms with Crippen molar-refractivity contribution in [2.24, 2.45) is 0 Å². The lowest BCUT2D eigenvalue weighted by Gasteiger charge is -2.13. The average molecular weight is 382 g/mol. The molecule has 4 heterocycles. The number of aromatic nitrogens is 3. The molecule has 27 heavy (non-hydrogen) atoms. The molecule has 1 unspecified atom stereocenters. The van der Waals surface area contributed by atoms with Crippen LogP contribution < -0.4 is 10.9 Å². The number of carbonyl (C=O) groups excluding carboxylic acids is 1. The number of amides is 1. The third-order valence-corrected chi connectivity index (χ3v) is 6.36. The summed E-state index contributed by atoms with van der Waals surface area (Å²) in [6.45, 7) is 4.50. The number of aryl methyl sites for hydroxylation is 2. The van der Waals surface area contributed by atoms with Crippen molar-refractivity contribution in [1.82, 2.24) is 19.9 Å². The van der Waals surface area contributed by atoms with E-state index in [-0.39, 0.29) is 17.5 Å². The molecular formula is C20H22N4O2S. The third kappa shape index (κ3) is 3.27. The van der Waals surface area contributed by atoms with Crippen molar-refractivity contribution in [2.75, 3.05) is 0 Å². The van der Waals surface area contributed by atoms with Crippen LogP contribution in [0.15, 0.2) is 29.3 Å². The van der Waals surface area contributed by atoms with E-state index in [0.717, 1.165) is 42.6 Å². The first-order valence-electron chi connectivity index (χ1n) is 9.30. The molecule has 0 radical (unpaired) electrons. The van der Waals surface area contributed by atoms with Gasteiger partial charge in [-0.1, -0.05) is 6.42 Å². The summed E-state index contributed by atoms with van der Waals surface area (Å²) in [5.41, 5.74) is 1.71. The van der Waals surface area contributed by atoms with Crippen molar-refractivity contribution in [3.05, 3.63) is 56.7 Å². The maximum Gasteiger partial charge on any atom is 0.262 e. The Bertz CT molecular complexity index is 1060. The second kappa shape index (κ2) is 7.23. The lowest BCUT2D eigenvalue weighted by Crippen LogP contribution is -2.27. The predicted octanol–water partition coefficient (Wildman–Crippen LogP) is 3.38. The second-order valence-corrected chi connectivity index (χ2v) is 8.01. The van der Waals surface area contributed by atoms with Crippen molar-refractivity contribution >= 4 is 27.5 Å². The van der Waals surface area contributed by atoms with E-state index in [1.54, 1.807) is 17.0 Å². The molecule has 0 aromatic carbocycles. The highest BCUT2D eigenvalue weighted by molar-refractivity contribution is 7.20.